The molecular weight excluding hydrogens is 228 g/mol. The highest BCUT2D eigenvalue weighted by atomic mass is 16.1. The first-order valence-corrected chi connectivity index (χ1v) is 6.57. The van der Waals surface area contributed by atoms with E-state index in [2.05, 4.69) is 14.9 Å². The highest BCUT2D eigenvalue weighted by Gasteiger charge is 2.33. The van der Waals surface area contributed by atoms with E-state index in [0.717, 1.165) is 11.6 Å². The first-order chi connectivity index (χ1) is 8.52. The topological polar surface area (TPSA) is 75.0 Å². The van der Waals surface area contributed by atoms with E-state index >= 15 is 0 Å². The second kappa shape index (κ2) is 5.10. The molecule has 0 radical (unpaired) electrons. The molecule has 1 aromatic rings. The number of rotatable bonds is 5. The van der Waals surface area contributed by atoms with Crippen LogP contribution in [0.25, 0.3) is 0 Å². The maximum atomic E-state index is 11.7. The Labute approximate surface area is 107 Å². The third-order valence-corrected chi connectivity index (χ3v) is 3.56. The summed E-state index contributed by atoms with van der Waals surface area (Å²) < 4.78 is 0. The van der Waals surface area contributed by atoms with Crippen LogP contribution in [0.3, 0.4) is 0 Å². The Morgan fingerprint density at radius 3 is 2.72 bits per heavy atom. The van der Waals surface area contributed by atoms with Crippen LogP contribution < -0.4 is 16.2 Å². The molecule has 18 heavy (non-hydrogen) atoms. The molecule has 0 saturated heterocycles. The lowest BCUT2D eigenvalue weighted by atomic mass is 10.1. The standard InChI is InChI=1S/C13H22N4O/c1-8(2)13-15-11(6-12(18)16-13)17(3)10(7-14)9-4-5-9/h6,8-10H,4-5,7,14H2,1-3H3,(H,15,16,18). The van der Waals surface area contributed by atoms with Gasteiger partial charge in [0.15, 0.2) is 0 Å². The predicted octanol–water partition coefficient (Wildman–Crippen LogP) is 1.07. The fourth-order valence-corrected chi connectivity index (χ4v) is 2.24. The van der Waals surface area contributed by atoms with Gasteiger partial charge in [0.2, 0.25) is 0 Å². The van der Waals surface area contributed by atoms with Crippen LogP contribution >= 0.6 is 0 Å². The number of nitrogens with one attached hydrogen (secondary N) is 1. The fourth-order valence-electron chi connectivity index (χ4n) is 2.24. The lowest BCUT2D eigenvalue weighted by molar-refractivity contribution is 0.563. The van der Waals surface area contributed by atoms with Gasteiger partial charge < -0.3 is 15.6 Å². The summed E-state index contributed by atoms with van der Waals surface area (Å²) in [7, 11) is 1.97. The van der Waals surface area contributed by atoms with Crippen molar-refractivity contribution in [3.8, 4) is 0 Å². The van der Waals surface area contributed by atoms with Crippen LogP contribution in [0.4, 0.5) is 5.82 Å². The summed E-state index contributed by atoms with van der Waals surface area (Å²) in [6.07, 6.45) is 2.46. The van der Waals surface area contributed by atoms with Gasteiger partial charge in [-0.3, -0.25) is 4.79 Å². The van der Waals surface area contributed by atoms with Gasteiger partial charge >= 0.3 is 0 Å². The Morgan fingerprint density at radius 1 is 1.56 bits per heavy atom. The number of aromatic nitrogens is 2. The zero-order valence-electron chi connectivity index (χ0n) is 11.3. The van der Waals surface area contributed by atoms with Crippen molar-refractivity contribution in [1.82, 2.24) is 9.97 Å². The van der Waals surface area contributed by atoms with E-state index in [4.69, 9.17) is 5.73 Å². The van der Waals surface area contributed by atoms with E-state index in [0.29, 0.717) is 18.5 Å². The van der Waals surface area contributed by atoms with Crippen LogP contribution in [0, 0.1) is 5.92 Å². The van der Waals surface area contributed by atoms with Crippen molar-refractivity contribution in [3.05, 3.63) is 22.2 Å². The molecule has 0 amide bonds. The van der Waals surface area contributed by atoms with Crippen molar-refractivity contribution in [2.24, 2.45) is 11.7 Å². The Hall–Kier alpha value is -1.36. The van der Waals surface area contributed by atoms with Crippen LogP contribution in [-0.4, -0.2) is 29.6 Å². The molecule has 1 aliphatic carbocycles. The van der Waals surface area contributed by atoms with Crippen LogP contribution in [0.5, 0.6) is 0 Å². The van der Waals surface area contributed by atoms with Crippen molar-refractivity contribution >= 4 is 5.82 Å². The summed E-state index contributed by atoms with van der Waals surface area (Å²) in [5, 5.41) is 0. The molecule has 1 atom stereocenters. The lowest BCUT2D eigenvalue weighted by Gasteiger charge is -2.28. The van der Waals surface area contributed by atoms with Gasteiger partial charge in [-0.1, -0.05) is 13.8 Å². The SMILES string of the molecule is CC(C)c1nc(N(C)C(CN)C2CC2)cc(=O)[nH]1. The van der Waals surface area contributed by atoms with Crippen LogP contribution in [-0.2, 0) is 0 Å². The molecule has 0 bridgehead atoms. The highest BCUT2D eigenvalue weighted by Crippen LogP contribution is 2.35. The number of anilines is 1. The van der Waals surface area contributed by atoms with E-state index in [1.807, 2.05) is 20.9 Å². The zero-order valence-corrected chi connectivity index (χ0v) is 11.3. The number of hydrogen-bond donors (Lipinski definition) is 2. The molecular formula is C13H22N4O. The molecule has 0 aromatic carbocycles. The fraction of sp³-hybridized carbons (Fsp3) is 0.692. The molecule has 1 unspecified atom stereocenters. The summed E-state index contributed by atoms with van der Waals surface area (Å²) in [6, 6.07) is 1.84. The summed E-state index contributed by atoms with van der Waals surface area (Å²) >= 11 is 0. The first kappa shape index (κ1) is 13.1. The third kappa shape index (κ3) is 2.72. The molecule has 0 spiro atoms. The molecule has 100 valence electrons. The number of H-pyrrole nitrogens is 1. The minimum absolute atomic E-state index is 0.0953. The normalized spacial score (nSPS) is 16.9. The predicted molar refractivity (Wildman–Crippen MR) is 72.9 cm³/mol. The van der Waals surface area contributed by atoms with E-state index in [1.165, 1.54) is 12.8 Å². The van der Waals surface area contributed by atoms with Gasteiger partial charge in [0.05, 0.1) is 0 Å². The van der Waals surface area contributed by atoms with Crippen molar-refractivity contribution in [3.63, 3.8) is 0 Å². The molecule has 1 aromatic heterocycles. The summed E-state index contributed by atoms with van der Waals surface area (Å²) in [4.78, 5) is 21.0. The molecule has 2 rings (SSSR count). The number of nitrogens with zero attached hydrogens (tertiary/aromatic N) is 2. The third-order valence-electron chi connectivity index (χ3n) is 3.56. The van der Waals surface area contributed by atoms with Gasteiger partial charge in [0, 0.05) is 31.6 Å². The van der Waals surface area contributed by atoms with Crippen molar-refractivity contribution in [1.29, 1.82) is 0 Å². The monoisotopic (exact) mass is 250 g/mol. The second-order valence-electron chi connectivity index (χ2n) is 5.39. The average molecular weight is 250 g/mol. The molecule has 1 saturated carbocycles. The number of aromatic amines is 1. The highest BCUT2D eigenvalue weighted by molar-refractivity contribution is 5.39. The van der Waals surface area contributed by atoms with Crippen LogP contribution in [0.15, 0.2) is 10.9 Å². The van der Waals surface area contributed by atoms with Gasteiger partial charge in [-0.2, -0.15) is 0 Å². The number of nitrogens with two attached hydrogens (primary N) is 1. The average Bonchev–Trinajstić information content (AvgIpc) is 3.13. The Kier molecular flexibility index (Phi) is 3.71. The van der Waals surface area contributed by atoms with Crippen LogP contribution in [0.2, 0.25) is 0 Å². The molecule has 5 nitrogen and oxygen atoms in total. The van der Waals surface area contributed by atoms with Crippen LogP contribution in [0.1, 0.15) is 38.4 Å². The largest absolute Gasteiger partial charge is 0.355 e. The smallest absolute Gasteiger partial charge is 0.252 e. The van der Waals surface area contributed by atoms with Crippen molar-refractivity contribution in [2.45, 2.75) is 38.6 Å². The molecule has 1 heterocycles. The molecule has 3 N–H and O–H groups in total. The van der Waals surface area contributed by atoms with Gasteiger partial charge in [0.1, 0.15) is 11.6 Å². The molecule has 0 aliphatic heterocycles. The summed E-state index contributed by atoms with van der Waals surface area (Å²) in [5.74, 6) is 2.33. The maximum Gasteiger partial charge on any atom is 0.252 e. The quantitative estimate of drug-likeness (QED) is 0.819. The minimum Gasteiger partial charge on any atom is -0.355 e. The Balaban J connectivity index is 2.28. The van der Waals surface area contributed by atoms with Gasteiger partial charge in [-0.25, -0.2) is 4.98 Å². The summed E-state index contributed by atoms with van der Waals surface area (Å²) in [6.45, 7) is 4.64. The van der Waals surface area contributed by atoms with Crippen molar-refractivity contribution < 1.29 is 0 Å². The number of likely N-dealkylation sites (N-methyl/N-ethyl adjacent to an activating group) is 1. The Morgan fingerprint density at radius 2 is 2.22 bits per heavy atom. The Bertz CT molecular complexity index is 464. The van der Waals surface area contributed by atoms with Crippen molar-refractivity contribution in [2.75, 3.05) is 18.5 Å². The molecule has 1 aliphatic rings. The molecule has 1 fully saturated rings. The van der Waals surface area contributed by atoms with Gasteiger partial charge in [-0.15, -0.1) is 0 Å². The lowest BCUT2D eigenvalue weighted by Crippen LogP contribution is -2.40. The number of hydrogen-bond acceptors (Lipinski definition) is 4. The maximum absolute atomic E-state index is 11.7. The zero-order chi connectivity index (χ0) is 13.3. The molecule has 5 heteroatoms. The van der Waals surface area contributed by atoms with Gasteiger partial charge in [0.25, 0.3) is 5.56 Å². The first-order valence-electron chi connectivity index (χ1n) is 6.57. The van der Waals surface area contributed by atoms with E-state index < -0.39 is 0 Å². The minimum atomic E-state index is -0.0953. The van der Waals surface area contributed by atoms with E-state index in [1.54, 1.807) is 6.07 Å². The summed E-state index contributed by atoms with van der Waals surface area (Å²) in [5.41, 5.74) is 5.74. The van der Waals surface area contributed by atoms with Gasteiger partial charge in [-0.05, 0) is 18.8 Å². The van der Waals surface area contributed by atoms with E-state index in [9.17, 15) is 4.79 Å². The van der Waals surface area contributed by atoms with E-state index in [-0.39, 0.29) is 11.5 Å². The second-order valence-corrected chi connectivity index (χ2v) is 5.39.